The van der Waals surface area contributed by atoms with Crippen LogP contribution in [0.1, 0.15) is 520 Å². The molecule has 0 amide bonds. The van der Waals surface area contributed by atoms with Crippen molar-refractivity contribution in [3.05, 3.63) is 0 Å². The van der Waals surface area contributed by atoms with Crippen molar-refractivity contribution in [2.75, 3.05) is 0 Å². The topological polar surface area (TPSA) is 0 Å². The molecule has 0 radical (unpaired) electrons. The number of fused-ring (bicyclic) bond motifs is 12. The Hall–Kier alpha value is 0. The molecule has 21 rings (SSSR count). The van der Waals surface area contributed by atoms with E-state index in [0.29, 0.717) is 70.4 Å². The fraction of sp³-hybridized carbons (Fsp3) is 1.00. The fourth-order valence-corrected chi connectivity index (χ4v) is 44.2. The van der Waals surface area contributed by atoms with Gasteiger partial charge in [-0.2, -0.15) is 0 Å². The van der Waals surface area contributed by atoms with Gasteiger partial charge in [-0.1, -0.05) is 276 Å². The van der Waals surface area contributed by atoms with Crippen LogP contribution in [0.15, 0.2) is 0 Å². The molecule has 21 aliphatic rings. The number of hydrogen-bond acceptors (Lipinski definition) is 0. The summed E-state index contributed by atoms with van der Waals surface area (Å²) in [6, 6.07) is 0. The molecule has 0 aromatic heterocycles. The molecule has 0 heterocycles. The summed E-state index contributed by atoms with van der Waals surface area (Å²) in [5.41, 5.74) is 11.5. The lowest BCUT2D eigenvalue weighted by Gasteiger charge is -2.67. The molecule has 0 spiro atoms. The summed E-state index contributed by atoms with van der Waals surface area (Å²) >= 11 is 0. The van der Waals surface area contributed by atoms with Crippen LogP contribution in [0.5, 0.6) is 0 Å². The second-order valence-electron chi connectivity index (χ2n) is 61.6. The van der Waals surface area contributed by atoms with E-state index in [0.717, 1.165) is 170 Å². The molecule has 0 aliphatic heterocycles. The second-order valence-corrected chi connectivity index (χ2v) is 61.6. The predicted molar refractivity (Wildman–Crippen MR) is 530 cm³/mol. The molecule has 21 aliphatic carbocycles. The Morgan fingerprint density at radius 2 is 0.542 bits per heavy atom. The largest absolute Gasteiger partial charge is 0.0628 e. The summed E-state index contributed by atoms with van der Waals surface area (Å²) in [5, 5.41) is 0. The normalized spacial score (nSPS) is 52.1. The van der Waals surface area contributed by atoms with Gasteiger partial charge in [0, 0.05) is 0 Å². The summed E-state index contributed by atoms with van der Waals surface area (Å²) in [7, 11) is 0. The summed E-state index contributed by atoms with van der Waals surface area (Å²) < 4.78 is 0. The van der Waals surface area contributed by atoms with Gasteiger partial charge in [-0.15, -0.1) is 0 Å². The summed E-state index contributed by atoms with van der Waals surface area (Å²) in [5.74, 6) is 23.9. The van der Waals surface area contributed by atoms with E-state index in [1.54, 1.807) is 25.7 Å². The molecule has 120 heavy (non-hydrogen) atoms. The lowest BCUT2D eigenvalue weighted by Crippen LogP contribution is -2.56. The third-order valence-corrected chi connectivity index (χ3v) is 42.8. The molecular weight excluding hydrogens is 1440 g/mol. The highest BCUT2D eigenvalue weighted by Crippen LogP contribution is 2.78. The van der Waals surface area contributed by atoms with Gasteiger partial charge in [0.25, 0.3) is 0 Å². The van der Waals surface area contributed by atoms with Crippen molar-refractivity contribution in [2.45, 2.75) is 520 Å². The Bertz CT molecular complexity index is 2990. The molecule has 21 saturated carbocycles. The van der Waals surface area contributed by atoms with Gasteiger partial charge in [-0.05, 0) is 484 Å². The van der Waals surface area contributed by atoms with Crippen molar-refractivity contribution in [1.29, 1.82) is 0 Å². The lowest BCUT2D eigenvalue weighted by molar-refractivity contribution is -0.162. The molecule has 10 unspecified atom stereocenters. The van der Waals surface area contributed by atoms with Crippen LogP contribution >= 0.6 is 0 Å². The van der Waals surface area contributed by atoms with Gasteiger partial charge in [-0.3, -0.25) is 0 Å². The van der Waals surface area contributed by atoms with Crippen LogP contribution in [0.25, 0.3) is 0 Å². The van der Waals surface area contributed by atoms with Crippen LogP contribution in [0, 0.1) is 240 Å². The van der Waals surface area contributed by atoms with E-state index in [1.165, 1.54) is 225 Å². The number of hydrogen-bond donors (Lipinski definition) is 0. The standard InChI is InChI=1S/2C16H30.C15H26.3C15H28.C14H24.C14H26/c2*1-11(2)14-15(5)7-12(3)8-16(14,6)10-13(4)9-15;1-11(2)15-7-12-5-13(3,9-15)8-14(4,6-12)10-15;1-11(2)15-8-12(3)6-14(5,10-15)7-13(4)9-15;2*1-11(2)13-8-14(4)6-12(3)7-15(5,9-13)10-14;1-10(2)14-8-12(3)5-11(14)6-13(4,7-12)9-14;1-10(2)5-6-11-7-8-12-9-13(11)14(12,3)4/h2*11-14H,7-10H2,1-6H3;11-12H,5-10H2,1-4H3;3*11-13H,6-10H2,1-5H3;10-11H,5-9H2,1-4H3;10-13H,5-9H2,1-4H3/t;;;;;;;11-,12+,13+/m.......1/s1. The third kappa shape index (κ3) is 21.7. The number of rotatable bonds is 10. The summed E-state index contributed by atoms with van der Waals surface area (Å²) in [4.78, 5) is 0. The van der Waals surface area contributed by atoms with E-state index in [1.807, 2.05) is 0 Å². The van der Waals surface area contributed by atoms with Crippen LogP contribution in [0.2, 0.25) is 0 Å². The van der Waals surface area contributed by atoms with Crippen molar-refractivity contribution in [1.82, 2.24) is 0 Å². The van der Waals surface area contributed by atoms with Gasteiger partial charge in [0.2, 0.25) is 0 Å². The predicted octanol–water partition coefficient (Wildman–Crippen LogP) is 38.3. The van der Waals surface area contributed by atoms with E-state index >= 15 is 0 Å². The molecule has 0 nitrogen and oxygen atoms in total. The van der Waals surface area contributed by atoms with Crippen LogP contribution < -0.4 is 0 Å². The van der Waals surface area contributed by atoms with Crippen molar-refractivity contribution in [3.63, 3.8) is 0 Å². The van der Waals surface area contributed by atoms with Gasteiger partial charge >= 0.3 is 0 Å². The van der Waals surface area contributed by atoms with Crippen molar-refractivity contribution >= 4 is 0 Å². The minimum Gasteiger partial charge on any atom is -0.0628 e. The zero-order chi connectivity index (χ0) is 89.5. The maximum atomic E-state index is 2.58. The Morgan fingerprint density at radius 3 is 0.808 bits per heavy atom. The molecule has 0 aromatic rings. The van der Waals surface area contributed by atoms with Gasteiger partial charge in [-0.25, -0.2) is 0 Å². The van der Waals surface area contributed by atoms with Gasteiger partial charge in [0.1, 0.15) is 0 Å². The zero-order valence-corrected chi connectivity index (χ0v) is 89.5. The first-order valence-electron chi connectivity index (χ1n) is 54.8. The molecule has 700 valence electrons. The first kappa shape index (κ1) is 101. The maximum absolute atomic E-state index is 2.58. The molecule has 20 bridgehead atoms. The molecule has 13 atom stereocenters. The quantitative estimate of drug-likeness (QED) is 0.205. The van der Waals surface area contributed by atoms with E-state index in [-0.39, 0.29) is 0 Å². The van der Waals surface area contributed by atoms with Crippen LogP contribution in [0.4, 0.5) is 0 Å². The lowest BCUT2D eigenvalue weighted by atomic mass is 9.38. The van der Waals surface area contributed by atoms with E-state index < -0.39 is 0 Å². The van der Waals surface area contributed by atoms with Crippen molar-refractivity contribution < 1.29 is 0 Å². The molecule has 0 heteroatoms. The first-order valence-corrected chi connectivity index (χ1v) is 54.8. The highest BCUT2D eigenvalue weighted by molar-refractivity contribution is 5.18. The Balaban J connectivity index is 0.000000134. The monoisotopic (exact) mass is 1660 g/mol. The maximum Gasteiger partial charge on any atom is -0.0235 e. The first-order chi connectivity index (χ1) is 54.8. The molecule has 21 fully saturated rings. The van der Waals surface area contributed by atoms with Crippen LogP contribution in [-0.2, 0) is 0 Å². The molecule has 0 N–H and O–H groups in total. The van der Waals surface area contributed by atoms with E-state index in [4.69, 9.17) is 0 Å². The van der Waals surface area contributed by atoms with E-state index in [9.17, 15) is 0 Å². The van der Waals surface area contributed by atoms with E-state index in [2.05, 4.69) is 270 Å². The summed E-state index contributed by atoms with van der Waals surface area (Å²) in [6.07, 6.45) is 58.5. The zero-order valence-electron chi connectivity index (χ0n) is 89.5. The minimum atomic E-state index is 0.623. The van der Waals surface area contributed by atoms with Gasteiger partial charge in [0.05, 0.1) is 0 Å². The Kier molecular flexibility index (Phi) is 29.8. The van der Waals surface area contributed by atoms with Crippen LogP contribution in [-0.4, -0.2) is 0 Å². The fourth-order valence-electron chi connectivity index (χ4n) is 44.2. The van der Waals surface area contributed by atoms with Gasteiger partial charge in [0.15, 0.2) is 0 Å². The second kappa shape index (κ2) is 35.5. The van der Waals surface area contributed by atoms with Gasteiger partial charge < -0.3 is 0 Å². The Morgan fingerprint density at radius 1 is 0.250 bits per heavy atom. The van der Waals surface area contributed by atoms with Crippen molar-refractivity contribution in [2.24, 2.45) is 240 Å². The molecular formula is C120H220. The minimum absolute atomic E-state index is 0.623. The van der Waals surface area contributed by atoms with Crippen molar-refractivity contribution in [3.8, 4) is 0 Å². The highest BCUT2D eigenvalue weighted by Gasteiger charge is 2.68. The van der Waals surface area contributed by atoms with Crippen LogP contribution in [0.3, 0.4) is 0 Å². The SMILES string of the molecule is CC(C)C12CC3(C)CC1CC(C)(C3)C2.CC(C)C12CC3CC(C)(CC(C)(C3)C1)C2.CC(C)CC[C@@H]1CC[C@H]2C[C@@H]1C2(C)C.CC1CC2(C)CC(C(C)C)CC(C)(C1)C2.CC1CC2(C)CC(C(C)C)CC(C)(C1)C2.CC1CC2(C)CC(C)CC(C(C)C)(C1)C2.CC1CC2(C)CC(C)CC(C)(C1)C2C(C)C.CC1CC2(C)CC(C)CC(C)(C1)C2C(C)C. The highest BCUT2D eigenvalue weighted by atomic mass is 14.7. The average molecular weight is 1660 g/mol. The summed E-state index contributed by atoms with van der Waals surface area (Å²) in [6.45, 7) is 97.1. The molecule has 0 saturated heterocycles. The smallest absolute Gasteiger partial charge is 0.0235 e. The third-order valence-electron chi connectivity index (χ3n) is 42.8. The molecule has 0 aromatic carbocycles. The Labute approximate surface area is 755 Å². The average Bonchev–Trinajstić information content (AvgIpc) is 1.66.